The van der Waals surface area contributed by atoms with E-state index >= 15 is 4.39 Å². The maximum Gasteiger partial charge on any atom is 0.407 e. The summed E-state index contributed by atoms with van der Waals surface area (Å²) in [6.07, 6.45) is 1.69. The van der Waals surface area contributed by atoms with Crippen LogP contribution in [-0.2, 0) is 4.43 Å². The molecule has 44 heavy (non-hydrogen) atoms. The number of carboxylic acid groups (broad SMARTS) is 1. The predicted octanol–water partition coefficient (Wildman–Crippen LogP) is 6.86. The molecule has 1 N–H and O–H groups in total. The van der Waals surface area contributed by atoms with Gasteiger partial charge in [0.05, 0.1) is 40.7 Å². The molecule has 2 bridgehead atoms. The van der Waals surface area contributed by atoms with Crippen molar-refractivity contribution >= 4 is 58.7 Å². The van der Waals surface area contributed by atoms with Crippen molar-refractivity contribution in [3.8, 4) is 6.01 Å². The van der Waals surface area contributed by atoms with E-state index in [0.717, 1.165) is 19.4 Å². The van der Waals surface area contributed by atoms with Crippen LogP contribution in [0.2, 0.25) is 23.2 Å². The minimum Gasteiger partial charge on any atom is -0.465 e. The largest absolute Gasteiger partial charge is 0.465 e. The summed E-state index contributed by atoms with van der Waals surface area (Å²) in [5.74, 6) is -0.251. The van der Waals surface area contributed by atoms with Gasteiger partial charge in [0.2, 0.25) is 0 Å². The van der Waals surface area contributed by atoms with Gasteiger partial charge in [-0.1, -0.05) is 32.4 Å². The van der Waals surface area contributed by atoms with Crippen LogP contribution in [-0.4, -0.2) is 102 Å². The van der Waals surface area contributed by atoms with Crippen molar-refractivity contribution in [3.63, 3.8) is 0 Å². The number of aromatic nitrogens is 2. The SMILES string of the molecule is CC(C)(C)[Si](C)(C)OCC1C2CCC(CN1c1nc(OC[C@@]34CCCN3C[C@H](F)C4)nc3c(F)c(Cl)cc(Br)c13)N2C(=O)O. The van der Waals surface area contributed by atoms with Crippen molar-refractivity contribution in [2.75, 3.05) is 37.7 Å². The fraction of sp³-hybridized carbons (Fsp3) is 0.700. The van der Waals surface area contributed by atoms with Crippen molar-refractivity contribution in [1.29, 1.82) is 0 Å². The highest BCUT2D eigenvalue weighted by Crippen LogP contribution is 2.45. The number of benzene rings is 1. The summed E-state index contributed by atoms with van der Waals surface area (Å²) < 4.78 is 43.6. The highest BCUT2D eigenvalue weighted by Gasteiger charge is 2.52. The van der Waals surface area contributed by atoms with E-state index in [1.165, 1.54) is 6.07 Å². The Balaban J connectivity index is 1.42. The van der Waals surface area contributed by atoms with Gasteiger partial charge in [0.25, 0.3) is 0 Å². The molecule has 9 nitrogen and oxygen atoms in total. The molecule has 2 aromatic rings. The first-order valence-electron chi connectivity index (χ1n) is 15.4. The van der Waals surface area contributed by atoms with Gasteiger partial charge in [0, 0.05) is 24.0 Å². The topological polar surface area (TPSA) is 91.3 Å². The monoisotopic (exact) mass is 715 g/mol. The van der Waals surface area contributed by atoms with Crippen LogP contribution in [0.4, 0.5) is 19.4 Å². The quantitative estimate of drug-likeness (QED) is 0.246. The lowest BCUT2D eigenvalue weighted by Crippen LogP contribution is -2.63. The second kappa shape index (κ2) is 11.5. The third-order valence-electron chi connectivity index (χ3n) is 10.7. The number of hydrogen-bond donors (Lipinski definition) is 1. The number of rotatable bonds is 7. The maximum atomic E-state index is 15.7. The first-order chi connectivity index (χ1) is 20.6. The van der Waals surface area contributed by atoms with Gasteiger partial charge in [-0.05, 0) is 72.4 Å². The fourth-order valence-corrected chi connectivity index (χ4v) is 9.32. The molecule has 0 aliphatic carbocycles. The van der Waals surface area contributed by atoms with Gasteiger partial charge in [-0.25, -0.2) is 13.6 Å². The fourth-order valence-electron chi connectivity index (χ4n) is 7.38. The lowest BCUT2D eigenvalue weighted by Gasteiger charge is -2.48. The lowest BCUT2D eigenvalue weighted by molar-refractivity contribution is 0.0881. The minimum absolute atomic E-state index is 0.0111. The van der Waals surface area contributed by atoms with E-state index in [2.05, 4.69) is 64.6 Å². The third-order valence-corrected chi connectivity index (χ3v) is 16.1. The summed E-state index contributed by atoms with van der Waals surface area (Å²) in [5, 5.41) is 10.5. The Kier molecular flexibility index (Phi) is 8.38. The molecule has 0 saturated carbocycles. The Labute approximate surface area is 271 Å². The number of piperazine rings is 1. The molecule has 4 saturated heterocycles. The maximum absolute atomic E-state index is 15.7. The van der Waals surface area contributed by atoms with Gasteiger partial charge in [0.1, 0.15) is 24.1 Å². The van der Waals surface area contributed by atoms with E-state index in [-0.39, 0.29) is 46.3 Å². The second-order valence-electron chi connectivity index (χ2n) is 14.4. The van der Waals surface area contributed by atoms with Gasteiger partial charge in [0.15, 0.2) is 14.1 Å². The number of amides is 1. The molecule has 14 heteroatoms. The lowest BCUT2D eigenvalue weighted by atomic mass is 9.95. The molecule has 5 heterocycles. The molecule has 5 atom stereocenters. The summed E-state index contributed by atoms with van der Waals surface area (Å²) in [4.78, 5) is 27.6. The Bertz CT molecular complexity index is 1470. The van der Waals surface area contributed by atoms with E-state index in [9.17, 15) is 14.3 Å². The van der Waals surface area contributed by atoms with E-state index in [4.69, 9.17) is 25.7 Å². The summed E-state index contributed by atoms with van der Waals surface area (Å²) in [5.41, 5.74) is -0.422. The molecule has 6 rings (SSSR count). The average molecular weight is 717 g/mol. The number of nitrogens with zero attached hydrogens (tertiary/aromatic N) is 5. The summed E-state index contributed by atoms with van der Waals surface area (Å²) >= 11 is 9.86. The van der Waals surface area contributed by atoms with Crippen molar-refractivity contribution < 1.29 is 27.8 Å². The summed E-state index contributed by atoms with van der Waals surface area (Å²) in [6, 6.07) is 0.526. The van der Waals surface area contributed by atoms with Gasteiger partial charge >= 0.3 is 12.1 Å². The molecule has 3 unspecified atom stereocenters. The first kappa shape index (κ1) is 32.2. The number of halogens is 4. The molecule has 0 radical (unpaired) electrons. The van der Waals surface area contributed by atoms with Crippen LogP contribution >= 0.6 is 27.5 Å². The third kappa shape index (κ3) is 5.48. The van der Waals surface area contributed by atoms with Crippen LogP contribution in [0.25, 0.3) is 10.9 Å². The highest BCUT2D eigenvalue weighted by atomic mass is 79.9. The average Bonchev–Trinajstić information content (AvgIpc) is 3.57. The van der Waals surface area contributed by atoms with Gasteiger partial charge in [-0.15, -0.1) is 0 Å². The number of fused-ring (bicyclic) bond motifs is 4. The molecule has 4 aliphatic rings. The molecule has 4 fully saturated rings. The summed E-state index contributed by atoms with van der Waals surface area (Å²) in [6.45, 7) is 12.9. The Morgan fingerprint density at radius 3 is 2.73 bits per heavy atom. The van der Waals surface area contributed by atoms with Crippen LogP contribution in [0, 0.1) is 5.82 Å². The van der Waals surface area contributed by atoms with Crippen LogP contribution < -0.4 is 9.64 Å². The number of hydrogen-bond acceptors (Lipinski definition) is 7. The Hall–Kier alpha value is -1.80. The second-order valence-corrected chi connectivity index (χ2v) is 20.4. The van der Waals surface area contributed by atoms with Crippen molar-refractivity contribution in [3.05, 3.63) is 21.4 Å². The van der Waals surface area contributed by atoms with E-state index in [1.54, 1.807) is 4.90 Å². The van der Waals surface area contributed by atoms with Gasteiger partial charge in [-0.2, -0.15) is 9.97 Å². The molecule has 4 aliphatic heterocycles. The molecule has 1 aromatic heterocycles. The number of carbonyl (C=O) groups is 1. The van der Waals surface area contributed by atoms with Crippen LogP contribution in [0.15, 0.2) is 10.5 Å². The standard InChI is InChI=1S/C30H41BrClF2N5O4Si/c1-29(2,3)44(4,5)43-15-22-21-8-7-18(39(21)28(40)41)14-38(22)26-23-19(31)11-20(32)24(34)25(23)35-27(36-26)42-16-30-9-6-10-37(30)13-17(33)12-30/h11,17-18,21-22H,6-10,12-16H2,1-5H3,(H,40,41)/t17-,18?,21?,22?,30+/m1/s1. The van der Waals surface area contributed by atoms with Crippen LogP contribution in [0.1, 0.15) is 52.9 Å². The zero-order valence-electron chi connectivity index (χ0n) is 25.9. The van der Waals surface area contributed by atoms with Gasteiger partial charge in [-0.3, -0.25) is 9.80 Å². The molecular weight excluding hydrogens is 676 g/mol. The predicted molar refractivity (Wildman–Crippen MR) is 172 cm³/mol. The van der Waals surface area contributed by atoms with Crippen molar-refractivity contribution in [2.45, 2.75) is 101 Å². The van der Waals surface area contributed by atoms with Crippen LogP contribution in [0.5, 0.6) is 6.01 Å². The Morgan fingerprint density at radius 1 is 1.27 bits per heavy atom. The Morgan fingerprint density at radius 2 is 2.02 bits per heavy atom. The summed E-state index contributed by atoms with van der Waals surface area (Å²) in [7, 11) is -2.21. The number of alkyl halides is 1. The van der Waals surface area contributed by atoms with Crippen LogP contribution in [0.3, 0.4) is 0 Å². The van der Waals surface area contributed by atoms with E-state index < -0.39 is 31.9 Å². The van der Waals surface area contributed by atoms with Crippen molar-refractivity contribution in [1.82, 2.24) is 19.8 Å². The number of anilines is 1. The smallest absolute Gasteiger partial charge is 0.407 e. The molecule has 1 amide bonds. The zero-order valence-corrected chi connectivity index (χ0v) is 29.2. The van der Waals surface area contributed by atoms with E-state index in [1.807, 2.05) is 0 Å². The molecular formula is C30H41BrClF2N5O4Si. The minimum atomic E-state index is -2.21. The van der Waals surface area contributed by atoms with E-state index in [0.29, 0.717) is 54.6 Å². The normalized spacial score (nSPS) is 29.1. The molecule has 242 valence electrons. The molecule has 1 aromatic carbocycles. The number of ether oxygens (including phenoxy) is 1. The zero-order chi connectivity index (χ0) is 31.8. The van der Waals surface area contributed by atoms with Crippen molar-refractivity contribution in [2.24, 2.45) is 0 Å². The first-order valence-corrected chi connectivity index (χ1v) is 19.5. The van der Waals surface area contributed by atoms with Gasteiger partial charge < -0.3 is 19.2 Å². The highest BCUT2D eigenvalue weighted by molar-refractivity contribution is 9.10. The molecule has 0 spiro atoms.